The van der Waals surface area contributed by atoms with Gasteiger partial charge in [0.2, 0.25) is 0 Å². The number of ether oxygens (including phenoxy) is 1. The van der Waals surface area contributed by atoms with Gasteiger partial charge in [-0.15, -0.1) is 0 Å². The molecule has 0 saturated carbocycles. The van der Waals surface area contributed by atoms with E-state index in [9.17, 15) is 14.9 Å². The number of carbonyl (C=O) groups excluding carboxylic acids is 2. The van der Waals surface area contributed by atoms with Gasteiger partial charge in [0, 0.05) is 37.9 Å². The van der Waals surface area contributed by atoms with Crippen LogP contribution in [0.5, 0.6) is 5.75 Å². The third-order valence-electron chi connectivity index (χ3n) is 4.46. The van der Waals surface area contributed by atoms with E-state index in [0.717, 1.165) is 0 Å². The number of carbonyl (C=O) groups is 2. The van der Waals surface area contributed by atoms with Crippen LogP contribution in [0.4, 0.5) is 5.82 Å². The number of hydrogen-bond acceptors (Lipinski definition) is 6. The zero-order valence-corrected chi connectivity index (χ0v) is 15.1. The Hall–Kier alpha value is -3.40. The number of pyridine rings is 1. The second-order valence-electron chi connectivity index (χ2n) is 6.22. The van der Waals surface area contributed by atoms with Crippen LogP contribution < -0.4 is 9.64 Å². The lowest BCUT2D eigenvalue weighted by Gasteiger charge is -2.35. The first-order valence-corrected chi connectivity index (χ1v) is 8.70. The van der Waals surface area contributed by atoms with E-state index in [1.807, 2.05) is 4.90 Å². The number of amides is 1. The lowest BCUT2D eigenvalue weighted by Crippen LogP contribution is -2.50. The first-order valence-electron chi connectivity index (χ1n) is 8.70. The molecule has 3 rings (SSSR count). The third-order valence-corrected chi connectivity index (χ3v) is 4.46. The highest BCUT2D eigenvalue weighted by atomic mass is 16.5. The van der Waals surface area contributed by atoms with Crippen LogP contribution in [0, 0.1) is 11.3 Å². The maximum absolute atomic E-state index is 12.4. The van der Waals surface area contributed by atoms with Gasteiger partial charge < -0.3 is 14.5 Å². The molecule has 7 nitrogen and oxygen atoms in total. The largest absolute Gasteiger partial charge is 0.484 e. The molecule has 1 aromatic carbocycles. The van der Waals surface area contributed by atoms with Gasteiger partial charge in [0.25, 0.3) is 5.91 Å². The lowest BCUT2D eigenvalue weighted by atomic mass is 10.1. The summed E-state index contributed by atoms with van der Waals surface area (Å²) >= 11 is 0. The molecule has 138 valence electrons. The van der Waals surface area contributed by atoms with E-state index in [0.29, 0.717) is 48.9 Å². The number of aromatic nitrogens is 1. The van der Waals surface area contributed by atoms with Gasteiger partial charge in [-0.3, -0.25) is 9.59 Å². The van der Waals surface area contributed by atoms with E-state index < -0.39 is 0 Å². The molecule has 1 fully saturated rings. The summed E-state index contributed by atoms with van der Waals surface area (Å²) in [4.78, 5) is 31.7. The molecule has 0 spiro atoms. The number of anilines is 1. The van der Waals surface area contributed by atoms with Crippen molar-refractivity contribution in [2.45, 2.75) is 6.92 Å². The molecule has 2 aromatic rings. The van der Waals surface area contributed by atoms with Crippen molar-refractivity contribution < 1.29 is 14.3 Å². The highest BCUT2D eigenvalue weighted by Crippen LogP contribution is 2.18. The Morgan fingerprint density at radius 3 is 2.48 bits per heavy atom. The van der Waals surface area contributed by atoms with E-state index in [1.165, 1.54) is 6.92 Å². The van der Waals surface area contributed by atoms with E-state index in [4.69, 9.17) is 4.74 Å². The number of piperazine rings is 1. The van der Waals surface area contributed by atoms with Crippen molar-refractivity contribution in [3.8, 4) is 11.8 Å². The molecule has 0 aliphatic carbocycles. The van der Waals surface area contributed by atoms with Crippen molar-refractivity contribution in [3.63, 3.8) is 0 Å². The summed E-state index contributed by atoms with van der Waals surface area (Å²) in [6.45, 7) is 3.78. The molecule has 0 N–H and O–H groups in total. The number of nitrogens with zero attached hydrogens (tertiary/aromatic N) is 4. The predicted octanol–water partition coefficient (Wildman–Crippen LogP) is 1.88. The van der Waals surface area contributed by atoms with Crippen molar-refractivity contribution in [2.75, 3.05) is 37.7 Å². The van der Waals surface area contributed by atoms with Crippen molar-refractivity contribution in [1.82, 2.24) is 9.88 Å². The predicted molar refractivity (Wildman–Crippen MR) is 99.7 cm³/mol. The van der Waals surface area contributed by atoms with Gasteiger partial charge in [0.15, 0.2) is 12.4 Å². The standard InChI is InChI=1S/C20H20N4O3/c1-15(25)16-4-6-18(7-5-16)27-14-19(26)23-9-11-24(12-10-23)20-17(13-21)3-2-8-22-20/h2-8H,9-12,14H2,1H3. The van der Waals surface area contributed by atoms with E-state index in [1.54, 1.807) is 47.5 Å². The first-order chi connectivity index (χ1) is 13.1. The van der Waals surface area contributed by atoms with Crippen LogP contribution in [0.3, 0.4) is 0 Å². The lowest BCUT2D eigenvalue weighted by molar-refractivity contribution is -0.133. The maximum atomic E-state index is 12.4. The number of ketones is 1. The number of Topliss-reactive ketones (excluding diaryl/α,β-unsaturated/α-hetero) is 1. The van der Waals surface area contributed by atoms with Crippen molar-refractivity contribution in [1.29, 1.82) is 5.26 Å². The molecular formula is C20H20N4O3. The molecular weight excluding hydrogens is 344 g/mol. The molecule has 0 bridgehead atoms. The van der Waals surface area contributed by atoms with Gasteiger partial charge in [-0.25, -0.2) is 4.98 Å². The van der Waals surface area contributed by atoms with Gasteiger partial charge in [-0.05, 0) is 43.3 Å². The van der Waals surface area contributed by atoms with Gasteiger partial charge >= 0.3 is 0 Å². The minimum absolute atomic E-state index is 0.0111. The second-order valence-corrected chi connectivity index (χ2v) is 6.22. The molecule has 7 heteroatoms. The van der Waals surface area contributed by atoms with E-state index in [-0.39, 0.29) is 18.3 Å². The zero-order valence-electron chi connectivity index (χ0n) is 15.1. The molecule has 2 heterocycles. The van der Waals surface area contributed by atoms with Crippen LogP contribution in [-0.2, 0) is 4.79 Å². The van der Waals surface area contributed by atoms with Crippen molar-refractivity contribution >= 4 is 17.5 Å². The Morgan fingerprint density at radius 2 is 1.85 bits per heavy atom. The van der Waals surface area contributed by atoms with E-state index >= 15 is 0 Å². The summed E-state index contributed by atoms with van der Waals surface area (Å²) in [6.07, 6.45) is 1.67. The molecule has 0 unspecified atom stereocenters. The zero-order chi connectivity index (χ0) is 19.2. The van der Waals surface area contributed by atoms with E-state index in [2.05, 4.69) is 11.1 Å². The van der Waals surface area contributed by atoms with Gasteiger partial charge in [-0.1, -0.05) is 0 Å². The van der Waals surface area contributed by atoms with Crippen LogP contribution in [0.15, 0.2) is 42.6 Å². The quantitative estimate of drug-likeness (QED) is 0.753. The van der Waals surface area contributed by atoms with Crippen molar-refractivity contribution in [2.24, 2.45) is 0 Å². The Bertz CT molecular complexity index is 866. The summed E-state index contributed by atoms with van der Waals surface area (Å²) in [6, 6.07) is 12.4. The highest BCUT2D eigenvalue weighted by Gasteiger charge is 2.23. The Labute approximate surface area is 157 Å². The fraction of sp³-hybridized carbons (Fsp3) is 0.300. The van der Waals surface area contributed by atoms with Gasteiger partial charge in [0.05, 0.1) is 5.56 Å². The Balaban J connectivity index is 1.51. The Morgan fingerprint density at radius 1 is 1.15 bits per heavy atom. The highest BCUT2D eigenvalue weighted by molar-refractivity contribution is 5.94. The van der Waals surface area contributed by atoms with Crippen LogP contribution >= 0.6 is 0 Å². The third kappa shape index (κ3) is 4.42. The molecule has 1 aliphatic heterocycles. The first kappa shape index (κ1) is 18.4. The summed E-state index contributed by atoms with van der Waals surface area (Å²) in [5.41, 5.74) is 1.14. The fourth-order valence-electron chi connectivity index (χ4n) is 2.93. The Kier molecular flexibility index (Phi) is 5.67. The van der Waals surface area contributed by atoms with Crippen LogP contribution in [0.1, 0.15) is 22.8 Å². The summed E-state index contributed by atoms with van der Waals surface area (Å²) in [5.74, 6) is 1.11. The maximum Gasteiger partial charge on any atom is 0.260 e. The molecule has 0 radical (unpaired) electrons. The van der Waals surface area contributed by atoms with Crippen LogP contribution in [0.2, 0.25) is 0 Å². The molecule has 27 heavy (non-hydrogen) atoms. The molecule has 0 atom stereocenters. The molecule has 1 aliphatic rings. The summed E-state index contributed by atoms with van der Waals surface area (Å²) < 4.78 is 5.53. The molecule has 1 aromatic heterocycles. The topological polar surface area (TPSA) is 86.5 Å². The van der Waals surface area contributed by atoms with Crippen LogP contribution in [-0.4, -0.2) is 54.4 Å². The fourth-order valence-corrected chi connectivity index (χ4v) is 2.93. The molecule has 1 saturated heterocycles. The van der Waals surface area contributed by atoms with Crippen LogP contribution in [0.25, 0.3) is 0 Å². The smallest absolute Gasteiger partial charge is 0.260 e. The number of rotatable bonds is 5. The SMILES string of the molecule is CC(=O)c1ccc(OCC(=O)N2CCN(c3ncccc3C#N)CC2)cc1. The van der Waals surface area contributed by atoms with Gasteiger partial charge in [-0.2, -0.15) is 5.26 Å². The summed E-state index contributed by atoms with van der Waals surface area (Å²) in [5, 5.41) is 9.20. The average Bonchev–Trinajstić information content (AvgIpc) is 2.72. The second kappa shape index (κ2) is 8.32. The van der Waals surface area contributed by atoms with Gasteiger partial charge in [0.1, 0.15) is 17.6 Å². The number of benzene rings is 1. The normalized spacial score (nSPS) is 13.8. The monoisotopic (exact) mass is 364 g/mol. The van der Waals surface area contributed by atoms with Crippen molar-refractivity contribution in [3.05, 3.63) is 53.7 Å². The minimum Gasteiger partial charge on any atom is -0.484 e. The average molecular weight is 364 g/mol. The minimum atomic E-state index is -0.0909. The molecule has 1 amide bonds. The summed E-state index contributed by atoms with van der Waals surface area (Å²) in [7, 11) is 0. The number of nitriles is 1. The number of hydrogen-bond donors (Lipinski definition) is 0.